The summed E-state index contributed by atoms with van der Waals surface area (Å²) >= 11 is 0. The normalized spacial score (nSPS) is 37.8. The average molecular weight is 454 g/mol. The highest BCUT2D eigenvalue weighted by Crippen LogP contribution is 2.46. The summed E-state index contributed by atoms with van der Waals surface area (Å²) in [5.41, 5.74) is -1.33. The molecule has 172 valence electrons. The SMILES string of the molecule is CN1CCCC/C=C\C2C[C@@]2(C(=O)NS(=O)(=O)C2CC2)NC(=O)[C@@H]2C[C@@H](O)C[C@H]2C1=O. The summed E-state index contributed by atoms with van der Waals surface area (Å²) in [5, 5.41) is 12.4. The van der Waals surface area contributed by atoms with Crippen LogP contribution in [0.5, 0.6) is 0 Å². The van der Waals surface area contributed by atoms with Crippen molar-refractivity contribution in [3.63, 3.8) is 0 Å². The van der Waals surface area contributed by atoms with Crippen LogP contribution < -0.4 is 10.0 Å². The molecule has 4 aliphatic rings. The van der Waals surface area contributed by atoms with Crippen molar-refractivity contribution < 1.29 is 27.9 Å². The van der Waals surface area contributed by atoms with Gasteiger partial charge in [0.2, 0.25) is 21.8 Å². The van der Waals surface area contributed by atoms with Crippen molar-refractivity contribution in [1.82, 2.24) is 14.9 Å². The van der Waals surface area contributed by atoms with Crippen molar-refractivity contribution in [2.24, 2.45) is 17.8 Å². The van der Waals surface area contributed by atoms with E-state index in [0.717, 1.165) is 19.3 Å². The van der Waals surface area contributed by atoms with E-state index >= 15 is 0 Å². The Morgan fingerprint density at radius 3 is 2.65 bits per heavy atom. The van der Waals surface area contributed by atoms with Gasteiger partial charge in [-0.25, -0.2) is 8.42 Å². The van der Waals surface area contributed by atoms with Gasteiger partial charge in [0.25, 0.3) is 5.91 Å². The molecule has 1 unspecified atom stereocenters. The number of rotatable bonds is 3. The van der Waals surface area contributed by atoms with E-state index in [1.807, 2.05) is 12.2 Å². The highest BCUT2D eigenvalue weighted by Gasteiger charge is 2.62. The minimum atomic E-state index is -3.74. The van der Waals surface area contributed by atoms with E-state index < -0.39 is 50.6 Å². The fourth-order valence-corrected chi connectivity index (χ4v) is 6.18. The van der Waals surface area contributed by atoms with Crippen molar-refractivity contribution in [2.75, 3.05) is 13.6 Å². The first-order valence-electron chi connectivity index (χ1n) is 11.1. The first-order chi connectivity index (χ1) is 14.6. The van der Waals surface area contributed by atoms with Gasteiger partial charge in [0, 0.05) is 19.5 Å². The Balaban J connectivity index is 1.58. The molecule has 31 heavy (non-hydrogen) atoms. The Morgan fingerprint density at radius 2 is 1.94 bits per heavy atom. The summed E-state index contributed by atoms with van der Waals surface area (Å²) in [4.78, 5) is 40.7. The molecular weight excluding hydrogens is 422 g/mol. The predicted molar refractivity (Wildman–Crippen MR) is 112 cm³/mol. The van der Waals surface area contributed by atoms with E-state index in [1.54, 1.807) is 11.9 Å². The van der Waals surface area contributed by atoms with Crippen LogP contribution >= 0.6 is 0 Å². The van der Waals surface area contributed by atoms with Gasteiger partial charge in [-0.2, -0.15) is 0 Å². The molecule has 3 amide bonds. The lowest BCUT2D eigenvalue weighted by atomic mass is 9.93. The van der Waals surface area contributed by atoms with Gasteiger partial charge < -0.3 is 15.3 Å². The average Bonchev–Trinajstić information content (AvgIpc) is 3.61. The summed E-state index contributed by atoms with van der Waals surface area (Å²) in [7, 11) is -2.04. The molecule has 9 nitrogen and oxygen atoms in total. The molecule has 10 heteroatoms. The van der Waals surface area contributed by atoms with Crippen LogP contribution in [0.3, 0.4) is 0 Å². The zero-order chi connectivity index (χ0) is 22.4. The van der Waals surface area contributed by atoms with Crippen LogP contribution in [0.25, 0.3) is 0 Å². The van der Waals surface area contributed by atoms with E-state index in [4.69, 9.17) is 0 Å². The van der Waals surface area contributed by atoms with E-state index in [-0.39, 0.29) is 24.7 Å². The number of nitrogens with zero attached hydrogens (tertiary/aromatic N) is 1. The lowest BCUT2D eigenvalue weighted by Gasteiger charge is -2.26. The maximum atomic E-state index is 13.2. The second kappa shape index (κ2) is 8.20. The van der Waals surface area contributed by atoms with E-state index in [0.29, 0.717) is 25.8 Å². The minimum Gasteiger partial charge on any atom is -0.393 e. The van der Waals surface area contributed by atoms with Gasteiger partial charge in [0.05, 0.1) is 23.2 Å². The van der Waals surface area contributed by atoms with Gasteiger partial charge in [-0.05, 0) is 51.4 Å². The third-order valence-electron chi connectivity index (χ3n) is 7.01. The number of nitrogens with one attached hydrogen (secondary N) is 2. The summed E-state index contributed by atoms with van der Waals surface area (Å²) < 4.78 is 26.8. The Labute approximate surface area is 182 Å². The second-order valence-corrected chi connectivity index (χ2v) is 11.4. The smallest absolute Gasteiger partial charge is 0.259 e. The van der Waals surface area contributed by atoms with Crippen molar-refractivity contribution in [3.05, 3.63) is 12.2 Å². The van der Waals surface area contributed by atoms with Gasteiger partial charge in [0.1, 0.15) is 5.54 Å². The molecule has 3 fully saturated rings. The molecule has 1 heterocycles. The summed E-state index contributed by atoms with van der Waals surface area (Å²) in [6.07, 6.45) is 7.27. The molecule has 5 atom stereocenters. The topological polar surface area (TPSA) is 133 Å². The zero-order valence-corrected chi connectivity index (χ0v) is 18.6. The maximum Gasteiger partial charge on any atom is 0.259 e. The molecule has 3 aliphatic carbocycles. The lowest BCUT2D eigenvalue weighted by molar-refractivity contribution is -0.140. The molecule has 0 aromatic heterocycles. The van der Waals surface area contributed by atoms with Crippen LogP contribution in [0.2, 0.25) is 0 Å². The van der Waals surface area contributed by atoms with Crippen LogP contribution in [-0.4, -0.2) is 66.6 Å². The van der Waals surface area contributed by atoms with E-state index in [9.17, 15) is 27.9 Å². The summed E-state index contributed by atoms with van der Waals surface area (Å²) in [6.45, 7) is 0.586. The van der Waals surface area contributed by atoms with Gasteiger partial charge >= 0.3 is 0 Å². The van der Waals surface area contributed by atoms with Crippen LogP contribution in [0.15, 0.2) is 12.2 Å². The lowest BCUT2D eigenvalue weighted by Crippen LogP contribution is -2.54. The quantitative estimate of drug-likeness (QED) is 0.518. The van der Waals surface area contributed by atoms with Gasteiger partial charge in [-0.3, -0.25) is 19.1 Å². The minimum absolute atomic E-state index is 0.147. The van der Waals surface area contributed by atoms with Crippen molar-refractivity contribution in [1.29, 1.82) is 0 Å². The summed E-state index contributed by atoms with van der Waals surface area (Å²) in [5.74, 6) is -3.06. The number of hydrogen-bond donors (Lipinski definition) is 3. The number of sulfonamides is 1. The number of amides is 3. The number of carbonyl (C=O) groups is 3. The molecular formula is C21H31N3O6S. The number of aliphatic hydroxyl groups excluding tert-OH is 1. The Hall–Kier alpha value is -1.94. The van der Waals surface area contributed by atoms with Crippen molar-refractivity contribution >= 4 is 27.7 Å². The molecule has 0 saturated heterocycles. The fraction of sp³-hybridized carbons (Fsp3) is 0.762. The molecule has 4 rings (SSSR count). The van der Waals surface area contributed by atoms with E-state index in [2.05, 4.69) is 10.0 Å². The first kappa shape index (κ1) is 22.3. The zero-order valence-electron chi connectivity index (χ0n) is 17.7. The monoisotopic (exact) mass is 453 g/mol. The first-order valence-corrected chi connectivity index (χ1v) is 12.7. The number of allylic oxidation sites excluding steroid dienone is 1. The number of hydrogen-bond acceptors (Lipinski definition) is 6. The van der Waals surface area contributed by atoms with Crippen LogP contribution in [0.1, 0.15) is 51.4 Å². The van der Waals surface area contributed by atoms with Gasteiger partial charge in [0.15, 0.2) is 0 Å². The third-order valence-corrected chi connectivity index (χ3v) is 8.83. The van der Waals surface area contributed by atoms with Crippen LogP contribution in [0.4, 0.5) is 0 Å². The van der Waals surface area contributed by atoms with Crippen molar-refractivity contribution in [3.8, 4) is 0 Å². The number of carbonyl (C=O) groups excluding carboxylic acids is 3. The number of fused-ring (bicyclic) bond motifs is 2. The van der Waals surface area contributed by atoms with Gasteiger partial charge in [-0.1, -0.05) is 12.2 Å². The maximum absolute atomic E-state index is 13.2. The summed E-state index contributed by atoms with van der Waals surface area (Å²) in [6, 6.07) is 0. The largest absolute Gasteiger partial charge is 0.393 e. The molecule has 0 bridgehead atoms. The molecule has 3 saturated carbocycles. The standard InChI is InChI=1S/C21H31N3O6S/c1-24-9-5-3-2-4-6-13-12-21(13,20(28)23-31(29,30)15-7-8-15)22-18(26)16-10-14(25)11-17(16)19(24)27/h4,6,13-17,25H,2-3,5,7-12H2,1H3,(H,22,26)(H,23,28)/b6-4-/t13?,14-,16-,17-,21-/m1/s1. The second-order valence-electron chi connectivity index (χ2n) is 9.47. The molecule has 0 radical (unpaired) electrons. The van der Waals surface area contributed by atoms with E-state index in [1.165, 1.54) is 0 Å². The van der Waals surface area contributed by atoms with Crippen LogP contribution in [0, 0.1) is 17.8 Å². The molecule has 0 spiro atoms. The predicted octanol–water partition coefficient (Wildman–Crippen LogP) is 0.0553. The van der Waals surface area contributed by atoms with Crippen molar-refractivity contribution in [2.45, 2.75) is 68.3 Å². The Morgan fingerprint density at radius 1 is 1.23 bits per heavy atom. The van der Waals surface area contributed by atoms with Crippen LogP contribution in [-0.2, 0) is 24.4 Å². The highest BCUT2D eigenvalue weighted by atomic mass is 32.2. The Bertz CT molecular complexity index is 899. The molecule has 0 aromatic rings. The molecule has 1 aliphatic heterocycles. The van der Waals surface area contributed by atoms with Gasteiger partial charge in [-0.15, -0.1) is 0 Å². The third kappa shape index (κ3) is 4.50. The number of aliphatic hydroxyl groups is 1. The molecule has 3 N–H and O–H groups in total. The highest BCUT2D eigenvalue weighted by molar-refractivity contribution is 7.91. The molecule has 0 aromatic carbocycles. The Kier molecular flexibility index (Phi) is 5.89. The fourth-order valence-electron chi connectivity index (χ4n) is 4.81.